The van der Waals surface area contributed by atoms with Crippen molar-refractivity contribution >= 4 is 52.2 Å². The van der Waals surface area contributed by atoms with Crippen molar-refractivity contribution in [2.24, 2.45) is 0 Å². The highest BCUT2D eigenvalue weighted by Gasteiger charge is 2.40. The van der Waals surface area contributed by atoms with Gasteiger partial charge in [0.05, 0.1) is 24.6 Å². The van der Waals surface area contributed by atoms with Crippen LogP contribution in [0.2, 0.25) is 0 Å². The van der Waals surface area contributed by atoms with Crippen LogP contribution in [0.15, 0.2) is 96.2 Å². The number of anilines is 1. The maximum atomic E-state index is 13.5. The van der Waals surface area contributed by atoms with Gasteiger partial charge in [-0.15, -0.1) is 11.8 Å². The van der Waals surface area contributed by atoms with Crippen LogP contribution in [0.5, 0.6) is 11.5 Å². The average Bonchev–Trinajstić information content (AvgIpc) is 3.88. The van der Waals surface area contributed by atoms with Crippen molar-refractivity contribution in [2.45, 2.75) is 49.2 Å². The maximum absolute atomic E-state index is 13.5. The molecule has 2 aromatic heterocycles. The number of nitrogens with zero attached hydrogens (tertiary/aromatic N) is 8. The molecule has 2 unspecified atom stereocenters. The van der Waals surface area contributed by atoms with Crippen LogP contribution in [0.4, 0.5) is 5.82 Å². The number of hydrogen-bond donors (Lipinski definition) is 2. The van der Waals surface area contributed by atoms with Gasteiger partial charge in [0.1, 0.15) is 35.4 Å². The van der Waals surface area contributed by atoms with E-state index in [0.29, 0.717) is 79.7 Å². The highest BCUT2D eigenvalue weighted by molar-refractivity contribution is 7.99. The number of piperidine rings is 2. The number of nitrogens with two attached hydrogens (primary N) is 1. The largest absolute Gasteiger partial charge is 0.457 e. The van der Waals surface area contributed by atoms with Gasteiger partial charge >= 0.3 is 0 Å². The third-order valence-corrected chi connectivity index (χ3v) is 13.4. The van der Waals surface area contributed by atoms with E-state index in [0.717, 1.165) is 73.1 Å². The summed E-state index contributed by atoms with van der Waals surface area (Å²) in [5, 5.41) is 8.10. The molecule has 0 aliphatic carbocycles. The Morgan fingerprint density at radius 3 is 2.50 bits per heavy atom. The molecule has 3 fully saturated rings. The number of piperazine rings is 1. The zero-order valence-corrected chi connectivity index (χ0v) is 36.5. The second-order valence-corrected chi connectivity index (χ2v) is 17.6. The molecule has 4 aliphatic rings. The van der Waals surface area contributed by atoms with E-state index in [1.165, 1.54) is 6.33 Å². The van der Waals surface area contributed by atoms with Gasteiger partial charge in [-0.1, -0.05) is 30.3 Å². The van der Waals surface area contributed by atoms with E-state index >= 15 is 0 Å². The van der Waals surface area contributed by atoms with Crippen molar-refractivity contribution in [3.8, 4) is 22.8 Å². The quantitative estimate of drug-likeness (QED) is 0.0636. The summed E-state index contributed by atoms with van der Waals surface area (Å²) in [5.41, 5.74) is 10.2. The number of ether oxygens (including phenoxy) is 2. The molecule has 17 heteroatoms. The van der Waals surface area contributed by atoms with Crippen LogP contribution >= 0.6 is 11.8 Å². The van der Waals surface area contributed by atoms with E-state index in [1.54, 1.807) is 22.7 Å². The summed E-state index contributed by atoms with van der Waals surface area (Å²) in [6.07, 6.45) is 7.45. The molecule has 0 radical (unpaired) electrons. The summed E-state index contributed by atoms with van der Waals surface area (Å²) < 4.78 is 13.9. The standard InChI is InChI=1S/C47H52N10O6S/c48-44-42-43(32-13-15-35(16-14-32)63-34-8-2-1-3-9-34)52-57(45(42)50-31-49-44)33-7-5-20-55(29-33)41(59)12-6-19-53-21-23-54(24-22-53)25-26-62-27-28-64-39-11-4-10-36-37(39)30-56(47(36)61)38-17-18-40(58)51-46(38)60/h1-4,6,8-16,31,33,38H,5,7,17-30H2,(H2,48,49,50)(H,51,58,60)/b12-6+. The fourth-order valence-electron chi connectivity index (χ4n) is 8.91. The molecule has 5 aromatic rings. The lowest BCUT2D eigenvalue weighted by atomic mass is 10.0. The van der Waals surface area contributed by atoms with Gasteiger partial charge in [-0.3, -0.25) is 34.3 Å². The average molecular weight is 885 g/mol. The van der Waals surface area contributed by atoms with E-state index in [1.807, 2.05) is 88.5 Å². The molecule has 3 N–H and O–H groups in total. The smallest absolute Gasteiger partial charge is 0.255 e. The number of para-hydroxylation sites is 1. The van der Waals surface area contributed by atoms with E-state index in [-0.39, 0.29) is 30.2 Å². The Kier molecular flexibility index (Phi) is 13.3. The molecule has 3 saturated heterocycles. The number of fused-ring (bicyclic) bond motifs is 2. The number of benzene rings is 3. The summed E-state index contributed by atoms with van der Waals surface area (Å²) >= 11 is 1.65. The molecule has 4 amide bonds. The number of imide groups is 1. The SMILES string of the molecule is Nc1ncnc2c1c(-c1ccc(Oc3ccccc3)cc1)nn2C1CCCN(C(=O)/C=C/CN2CCN(CCOCCSc3cccc4c3CN(C3CCC(=O)NC3=O)C4=O)CC2)C1. The number of carbonyl (C=O) groups excluding carboxylic acids is 4. The van der Waals surface area contributed by atoms with Gasteiger partial charge in [-0.05, 0) is 73.4 Å². The molecular weight excluding hydrogens is 833 g/mol. The number of thioether (sulfide) groups is 1. The Morgan fingerprint density at radius 2 is 1.69 bits per heavy atom. The Morgan fingerprint density at radius 1 is 0.891 bits per heavy atom. The van der Waals surface area contributed by atoms with Crippen LogP contribution in [0, 0.1) is 0 Å². The van der Waals surface area contributed by atoms with Gasteiger partial charge in [-0.25, -0.2) is 14.6 Å². The highest BCUT2D eigenvalue weighted by Crippen LogP contribution is 2.36. The second-order valence-electron chi connectivity index (χ2n) is 16.5. The molecule has 16 nitrogen and oxygen atoms in total. The summed E-state index contributed by atoms with van der Waals surface area (Å²) in [6.45, 7) is 8.04. The molecule has 3 aromatic carbocycles. The predicted octanol–water partition coefficient (Wildman–Crippen LogP) is 4.78. The third-order valence-electron chi connectivity index (χ3n) is 12.3. The van der Waals surface area contributed by atoms with Crippen molar-refractivity contribution in [2.75, 3.05) is 77.1 Å². The van der Waals surface area contributed by atoms with E-state index in [4.69, 9.17) is 20.3 Å². The number of amides is 4. The number of hydrogen-bond acceptors (Lipinski definition) is 13. The lowest BCUT2D eigenvalue weighted by Crippen LogP contribution is -2.52. The Hall–Kier alpha value is -6.14. The molecule has 0 bridgehead atoms. The third kappa shape index (κ3) is 9.67. The molecular formula is C47H52N10O6S. The van der Waals surface area contributed by atoms with Crippen molar-refractivity contribution in [3.63, 3.8) is 0 Å². The number of carbonyl (C=O) groups is 4. The zero-order chi connectivity index (χ0) is 44.0. The first-order valence-corrected chi connectivity index (χ1v) is 23.0. The molecule has 332 valence electrons. The monoisotopic (exact) mass is 884 g/mol. The summed E-state index contributed by atoms with van der Waals surface area (Å²) in [5.74, 6) is 1.72. The minimum Gasteiger partial charge on any atom is -0.457 e. The topological polar surface area (TPSA) is 181 Å². The fraction of sp³-hybridized carbons (Fsp3) is 0.383. The van der Waals surface area contributed by atoms with E-state index < -0.39 is 11.9 Å². The first-order valence-electron chi connectivity index (χ1n) is 22.0. The van der Waals surface area contributed by atoms with E-state index in [2.05, 4.69) is 25.1 Å². The number of aromatic nitrogens is 4. The van der Waals surface area contributed by atoms with Crippen LogP contribution in [-0.4, -0.2) is 140 Å². The lowest BCUT2D eigenvalue weighted by molar-refractivity contribution is -0.137. The summed E-state index contributed by atoms with van der Waals surface area (Å²) in [6, 6.07) is 22.4. The van der Waals surface area contributed by atoms with Gasteiger partial charge in [-0.2, -0.15) is 5.10 Å². The molecule has 6 heterocycles. The Balaban J connectivity index is 0.700. The number of rotatable bonds is 15. The van der Waals surface area contributed by atoms with Gasteiger partial charge in [0.2, 0.25) is 17.7 Å². The second kappa shape index (κ2) is 19.7. The van der Waals surface area contributed by atoms with Crippen LogP contribution < -0.4 is 15.8 Å². The fourth-order valence-corrected chi connectivity index (χ4v) is 9.86. The van der Waals surface area contributed by atoms with Crippen molar-refractivity contribution < 1.29 is 28.7 Å². The summed E-state index contributed by atoms with van der Waals surface area (Å²) in [4.78, 5) is 68.9. The normalized spacial score (nSPS) is 19.7. The van der Waals surface area contributed by atoms with Gasteiger partial charge in [0, 0.05) is 93.2 Å². The Bertz CT molecular complexity index is 2530. The van der Waals surface area contributed by atoms with Gasteiger partial charge in [0.15, 0.2) is 5.65 Å². The van der Waals surface area contributed by atoms with E-state index in [9.17, 15) is 19.2 Å². The number of nitrogens with one attached hydrogen (secondary N) is 1. The Labute approximate surface area is 375 Å². The van der Waals surface area contributed by atoms with Gasteiger partial charge < -0.3 is 25.0 Å². The first kappa shape index (κ1) is 43.1. The van der Waals surface area contributed by atoms with Crippen molar-refractivity contribution in [1.29, 1.82) is 0 Å². The van der Waals surface area contributed by atoms with Crippen LogP contribution in [0.1, 0.15) is 47.6 Å². The molecule has 0 spiro atoms. The number of nitrogen functional groups attached to an aromatic ring is 1. The highest BCUT2D eigenvalue weighted by atomic mass is 32.2. The molecule has 2 atom stereocenters. The van der Waals surface area contributed by atoms with Crippen LogP contribution in [0.25, 0.3) is 22.3 Å². The predicted molar refractivity (Wildman–Crippen MR) is 243 cm³/mol. The minimum absolute atomic E-state index is 0.00202. The van der Waals surface area contributed by atoms with Crippen molar-refractivity contribution in [1.82, 2.24) is 44.7 Å². The van der Waals surface area contributed by atoms with Crippen molar-refractivity contribution in [3.05, 3.63) is 102 Å². The maximum Gasteiger partial charge on any atom is 0.255 e. The lowest BCUT2D eigenvalue weighted by Gasteiger charge is -2.34. The molecule has 0 saturated carbocycles. The molecule has 9 rings (SSSR count). The first-order chi connectivity index (χ1) is 31.3. The van der Waals surface area contributed by atoms with Crippen LogP contribution in [0.3, 0.4) is 0 Å². The minimum atomic E-state index is -0.622. The molecule has 4 aliphatic heterocycles. The number of likely N-dealkylation sites (tertiary alicyclic amines) is 1. The zero-order valence-electron chi connectivity index (χ0n) is 35.6. The van der Waals surface area contributed by atoms with Gasteiger partial charge in [0.25, 0.3) is 5.91 Å². The van der Waals surface area contributed by atoms with Crippen LogP contribution in [-0.2, 0) is 25.7 Å². The summed E-state index contributed by atoms with van der Waals surface area (Å²) in [7, 11) is 0. The molecule has 64 heavy (non-hydrogen) atoms.